The van der Waals surface area contributed by atoms with Crippen LogP contribution in [0, 0.1) is 5.92 Å². The summed E-state index contributed by atoms with van der Waals surface area (Å²) < 4.78 is 6.05. The Bertz CT molecular complexity index is 742. The van der Waals surface area contributed by atoms with Gasteiger partial charge in [-0.3, -0.25) is 9.59 Å². The van der Waals surface area contributed by atoms with Gasteiger partial charge in [-0.05, 0) is 43.9 Å². The van der Waals surface area contributed by atoms with Crippen molar-refractivity contribution in [3.8, 4) is 0 Å². The number of halogens is 1. The Morgan fingerprint density at radius 3 is 2.79 bits per heavy atom. The highest BCUT2D eigenvalue weighted by Gasteiger charge is 2.51. The molecule has 1 aliphatic carbocycles. The number of carbonyl (C=O) groups excluding carboxylic acids is 2. The fraction of sp³-hybridized carbons (Fsp3) is 0.474. The van der Waals surface area contributed by atoms with Crippen LogP contribution in [-0.2, 0) is 14.3 Å². The minimum absolute atomic E-state index is 0.0928. The van der Waals surface area contributed by atoms with Gasteiger partial charge in [-0.15, -0.1) is 0 Å². The van der Waals surface area contributed by atoms with Gasteiger partial charge in [-0.25, -0.2) is 0 Å². The Morgan fingerprint density at radius 1 is 1.25 bits per heavy atom. The van der Waals surface area contributed by atoms with Crippen LogP contribution in [0.15, 0.2) is 35.6 Å². The summed E-state index contributed by atoms with van der Waals surface area (Å²) in [5.74, 6) is 0.0869. The van der Waals surface area contributed by atoms with Crippen LogP contribution in [0.5, 0.6) is 0 Å². The fourth-order valence-corrected chi connectivity index (χ4v) is 4.44. The lowest BCUT2D eigenvalue weighted by Crippen LogP contribution is -2.39. The van der Waals surface area contributed by atoms with Gasteiger partial charge in [0, 0.05) is 11.6 Å². The Balaban J connectivity index is 1.82. The zero-order valence-electron chi connectivity index (χ0n) is 13.6. The van der Waals surface area contributed by atoms with Crippen molar-refractivity contribution in [1.82, 2.24) is 4.90 Å². The number of amides is 1. The molecule has 0 N–H and O–H groups in total. The molecule has 126 valence electrons. The monoisotopic (exact) mass is 345 g/mol. The average Bonchev–Trinajstić information content (AvgIpc) is 2.88. The summed E-state index contributed by atoms with van der Waals surface area (Å²) in [4.78, 5) is 27.7. The number of likely N-dealkylation sites (N-methyl/N-ethyl adjacent to an activating group) is 1. The molecule has 1 fully saturated rings. The minimum Gasteiger partial charge on any atom is -0.483 e. The Morgan fingerprint density at radius 2 is 2.04 bits per heavy atom. The molecule has 4 nitrogen and oxygen atoms in total. The van der Waals surface area contributed by atoms with Gasteiger partial charge in [-0.1, -0.05) is 30.2 Å². The second-order valence-electron chi connectivity index (χ2n) is 6.70. The third-order valence-corrected chi connectivity index (χ3v) is 5.60. The molecule has 1 aromatic rings. The average molecular weight is 346 g/mol. The summed E-state index contributed by atoms with van der Waals surface area (Å²) in [6.45, 7) is 2.44. The molecule has 0 bridgehead atoms. The van der Waals surface area contributed by atoms with Gasteiger partial charge in [0.1, 0.15) is 6.10 Å². The molecule has 3 atom stereocenters. The third kappa shape index (κ3) is 2.27. The molecule has 2 heterocycles. The summed E-state index contributed by atoms with van der Waals surface area (Å²) in [5.41, 5.74) is 1.40. The van der Waals surface area contributed by atoms with Gasteiger partial charge >= 0.3 is 0 Å². The highest BCUT2D eigenvalue weighted by Crippen LogP contribution is 2.46. The van der Waals surface area contributed by atoms with Gasteiger partial charge in [0.05, 0.1) is 17.5 Å². The highest BCUT2D eigenvalue weighted by atomic mass is 35.5. The van der Waals surface area contributed by atoms with E-state index in [-0.39, 0.29) is 35.5 Å². The molecule has 0 saturated heterocycles. The first-order valence-corrected chi connectivity index (χ1v) is 9.01. The summed E-state index contributed by atoms with van der Waals surface area (Å²) in [6, 6.07) is 7.02. The van der Waals surface area contributed by atoms with Crippen LogP contribution in [-0.4, -0.2) is 29.2 Å². The molecule has 0 spiro atoms. The maximum absolute atomic E-state index is 13.2. The van der Waals surface area contributed by atoms with E-state index in [0.717, 1.165) is 31.2 Å². The van der Waals surface area contributed by atoms with Crippen molar-refractivity contribution in [3.05, 3.63) is 46.2 Å². The molecule has 2 aliphatic heterocycles. The normalized spacial score (nSPS) is 29.4. The van der Waals surface area contributed by atoms with Crippen molar-refractivity contribution in [2.75, 3.05) is 6.54 Å². The molecule has 4 rings (SSSR count). The van der Waals surface area contributed by atoms with Crippen LogP contribution in [0.1, 0.15) is 44.2 Å². The van der Waals surface area contributed by atoms with Crippen LogP contribution < -0.4 is 0 Å². The summed E-state index contributed by atoms with van der Waals surface area (Å²) >= 11 is 6.14. The molecule has 0 radical (unpaired) electrons. The standard InChI is InChI=1S/C19H20ClNO3/c1-2-21-16(11-6-5-7-12(20)10-11)15-17(22)13-8-3-4-9-14(13)24-18(15)19(21)23/h5-7,10,13-14,16H,2-4,8-9H2,1H3. The molecule has 3 unspecified atom stereocenters. The van der Waals surface area contributed by atoms with E-state index < -0.39 is 0 Å². The van der Waals surface area contributed by atoms with Crippen molar-refractivity contribution >= 4 is 23.3 Å². The van der Waals surface area contributed by atoms with E-state index in [1.54, 1.807) is 11.0 Å². The van der Waals surface area contributed by atoms with E-state index in [1.807, 2.05) is 25.1 Å². The smallest absolute Gasteiger partial charge is 0.290 e. The van der Waals surface area contributed by atoms with E-state index in [1.165, 1.54) is 0 Å². The molecule has 1 aromatic carbocycles. The van der Waals surface area contributed by atoms with E-state index in [0.29, 0.717) is 17.1 Å². The van der Waals surface area contributed by atoms with Gasteiger partial charge < -0.3 is 9.64 Å². The van der Waals surface area contributed by atoms with E-state index in [4.69, 9.17) is 16.3 Å². The molecule has 1 amide bonds. The number of carbonyl (C=O) groups is 2. The lowest BCUT2D eigenvalue weighted by atomic mass is 9.77. The Hall–Kier alpha value is -1.81. The van der Waals surface area contributed by atoms with Crippen molar-refractivity contribution in [3.63, 3.8) is 0 Å². The number of Topliss-reactive ketones (excluding diaryl/α,β-unsaturated/α-hetero) is 1. The van der Waals surface area contributed by atoms with Gasteiger partial charge in [-0.2, -0.15) is 0 Å². The summed E-state index contributed by atoms with van der Waals surface area (Å²) in [6.07, 6.45) is 3.68. The van der Waals surface area contributed by atoms with Crippen LogP contribution >= 0.6 is 11.6 Å². The van der Waals surface area contributed by atoms with E-state index >= 15 is 0 Å². The predicted octanol–water partition coefficient (Wildman–Crippen LogP) is 3.66. The molecule has 1 saturated carbocycles. The molecular weight excluding hydrogens is 326 g/mol. The van der Waals surface area contributed by atoms with Crippen molar-refractivity contribution in [2.45, 2.75) is 44.8 Å². The fourth-order valence-electron chi connectivity index (χ4n) is 4.24. The number of benzene rings is 1. The first-order chi connectivity index (χ1) is 11.6. The highest BCUT2D eigenvalue weighted by molar-refractivity contribution is 6.30. The predicted molar refractivity (Wildman–Crippen MR) is 90.4 cm³/mol. The van der Waals surface area contributed by atoms with Gasteiger partial charge in [0.25, 0.3) is 5.91 Å². The van der Waals surface area contributed by atoms with Crippen LogP contribution in [0.4, 0.5) is 0 Å². The summed E-state index contributed by atoms with van der Waals surface area (Å²) in [7, 11) is 0. The number of ether oxygens (including phenoxy) is 1. The molecule has 5 heteroatoms. The third-order valence-electron chi connectivity index (χ3n) is 5.36. The molecule has 3 aliphatic rings. The van der Waals surface area contributed by atoms with Crippen LogP contribution in [0.2, 0.25) is 5.02 Å². The van der Waals surface area contributed by atoms with Crippen LogP contribution in [0.25, 0.3) is 0 Å². The second kappa shape index (κ2) is 5.92. The number of hydrogen-bond acceptors (Lipinski definition) is 3. The van der Waals surface area contributed by atoms with Gasteiger partial charge in [0.2, 0.25) is 0 Å². The zero-order chi connectivity index (χ0) is 16.8. The maximum atomic E-state index is 13.2. The first kappa shape index (κ1) is 15.7. The Kier molecular flexibility index (Phi) is 3.87. The largest absolute Gasteiger partial charge is 0.483 e. The lowest BCUT2D eigenvalue weighted by Gasteiger charge is -2.35. The summed E-state index contributed by atoms with van der Waals surface area (Å²) in [5, 5.41) is 0.602. The number of fused-ring (bicyclic) bond motifs is 1. The lowest BCUT2D eigenvalue weighted by molar-refractivity contribution is -0.135. The number of rotatable bonds is 2. The first-order valence-electron chi connectivity index (χ1n) is 8.63. The second-order valence-corrected chi connectivity index (χ2v) is 7.14. The topological polar surface area (TPSA) is 46.6 Å². The van der Waals surface area contributed by atoms with E-state index in [2.05, 4.69) is 0 Å². The van der Waals surface area contributed by atoms with Crippen molar-refractivity contribution in [1.29, 1.82) is 0 Å². The minimum atomic E-state index is -0.383. The van der Waals surface area contributed by atoms with Gasteiger partial charge in [0.15, 0.2) is 11.5 Å². The maximum Gasteiger partial charge on any atom is 0.290 e. The molecule has 0 aromatic heterocycles. The SMILES string of the molecule is CCN1C(=O)C2=C(C(=O)C3CCCCC3O2)C1c1cccc(Cl)c1. The number of ketones is 1. The van der Waals surface area contributed by atoms with Crippen molar-refractivity contribution in [2.24, 2.45) is 5.92 Å². The van der Waals surface area contributed by atoms with Crippen molar-refractivity contribution < 1.29 is 14.3 Å². The molecular formula is C19H20ClNO3. The number of hydrogen-bond donors (Lipinski definition) is 0. The quantitative estimate of drug-likeness (QED) is 0.821. The molecule has 24 heavy (non-hydrogen) atoms. The zero-order valence-corrected chi connectivity index (χ0v) is 14.4. The van der Waals surface area contributed by atoms with E-state index in [9.17, 15) is 9.59 Å². The number of nitrogens with zero attached hydrogens (tertiary/aromatic N) is 1. The Labute approximate surface area is 146 Å². The van der Waals surface area contributed by atoms with Crippen LogP contribution in [0.3, 0.4) is 0 Å².